The number of rotatable bonds is 6. The van der Waals surface area contributed by atoms with Gasteiger partial charge in [0.1, 0.15) is 5.75 Å². The summed E-state index contributed by atoms with van der Waals surface area (Å²) in [5.74, 6) is 0.485. The van der Waals surface area contributed by atoms with Crippen LogP contribution in [-0.2, 0) is 0 Å². The molecular formula is C15H22Cl2N2O2. The summed E-state index contributed by atoms with van der Waals surface area (Å²) in [4.78, 5) is 12.2. The summed E-state index contributed by atoms with van der Waals surface area (Å²) in [6.45, 7) is 1.30. The normalized spacial score (nSPS) is 14.6. The summed E-state index contributed by atoms with van der Waals surface area (Å²) < 4.78 is 5.95. The van der Waals surface area contributed by atoms with Crippen LogP contribution in [0.3, 0.4) is 0 Å². The topological polar surface area (TPSA) is 50.4 Å². The highest BCUT2D eigenvalue weighted by molar-refractivity contribution is 6.31. The number of carbonyl (C=O) groups excluding carboxylic acids is 1. The fourth-order valence-electron chi connectivity index (χ4n) is 2.36. The van der Waals surface area contributed by atoms with E-state index in [4.69, 9.17) is 16.3 Å². The van der Waals surface area contributed by atoms with Crippen molar-refractivity contribution in [2.24, 2.45) is 0 Å². The van der Waals surface area contributed by atoms with Gasteiger partial charge in [-0.3, -0.25) is 4.79 Å². The smallest absolute Gasteiger partial charge is 0.255 e. The summed E-state index contributed by atoms with van der Waals surface area (Å²) in [5.41, 5.74) is 0.514. The molecule has 6 heteroatoms. The predicted molar refractivity (Wildman–Crippen MR) is 87.8 cm³/mol. The van der Waals surface area contributed by atoms with Gasteiger partial charge in [-0.15, -0.1) is 12.4 Å². The zero-order valence-electron chi connectivity index (χ0n) is 12.2. The number of likely N-dealkylation sites (N-methyl/N-ethyl adjacent to an activating group) is 1. The van der Waals surface area contributed by atoms with Crippen molar-refractivity contribution >= 4 is 29.9 Å². The molecule has 4 nitrogen and oxygen atoms in total. The lowest BCUT2D eigenvalue weighted by Gasteiger charge is -2.16. The highest BCUT2D eigenvalue weighted by atomic mass is 35.5. The first-order valence-corrected chi connectivity index (χ1v) is 7.47. The quantitative estimate of drug-likeness (QED) is 0.787. The van der Waals surface area contributed by atoms with E-state index in [1.165, 1.54) is 12.8 Å². The Balaban J connectivity index is 0.00000220. The largest absolute Gasteiger partial charge is 0.490 e. The van der Waals surface area contributed by atoms with Gasteiger partial charge in [0, 0.05) is 18.1 Å². The monoisotopic (exact) mass is 332 g/mol. The molecule has 1 aliphatic carbocycles. The Labute approximate surface area is 137 Å². The number of halogens is 2. The maximum Gasteiger partial charge on any atom is 0.255 e. The van der Waals surface area contributed by atoms with Crippen LogP contribution in [0.2, 0.25) is 5.02 Å². The fraction of sp³-hybridized carbons (Fsp3) is 0.533. The third-order valence-corrected chi connectivity index (χ3v) is 3.68. The Kier molecular flexibility index (Phi) is 7.86. The van der Waals surface area contributed by atoms with E-state index >= 15 is 0 Å². The molecule has 0 aromatic heterocycles. The number of carbonyl (C=O) groups is 1. The van der Waals surface area contributed by atoms with Crippen LogP contribution in [0.1, 0.15) is 36.0 Å². The molecule has 118 valence electrons. The summed E-state index contributed by atoms with van der Waals surface area (Å²) in [6.07, 6.45) is 4.73. The van der Waals surface area contributed by atoms with Gasteiger partial charge in [0.05, 0.1) is 11.7 Å². The first-order valence-electron chi connectivity index (χ1n) is 7.09. The Bertz CT molecular complexity index is 463. The van der Waals surface area contributed by atoms with Crippen LogP contribution in [-0.4, -0.2) is 32.1 Å². The maximum atomic E-state index is 12.2. The van der Waals surface area contributed by atoms with Gasteiger partial charge in [0.2, 0.25) is 0 Å². The van der Waals surface area contributed by atoms with Crippen molar-refractivity contribution in [1.29, 1.82) is 0 Å². The SMILES string of the molecule is CNCCNC(=O)c1cc(Cl)ccc1OC1CCCC1.Cl. The highest BCUT2D eigenvalue weighted by Gasteiger charge is 2.20. The minimum atomic E-state index is -0.143. The van der Waals surface area contributed by atoms with E-state index in [-0.39, 0.29) is 24.4 Å². The van der Waals surface area contributed by atoms with Gasteiger partial charge in [0.25, 0.3) is 5.91 Å². The molecule has 0 aliphatic heterocycles. The summed E-state index contributed by atoms with van der Waals surface area (Å²) in [5, 5.41) is 6.38. The van der Waals surface area contributed by atoms with Crippen LogP contribution in [0, 0.1) is 0 Å². The van der Waals surface area contributed by atoms with Gasteiger partial charge in [0.15, 0.2) is 0 Å². The van der Waals surface area contributed by atoms with Crippen molar-refractivity contribution in [1.82, 2.24) is 10.6 Å². The first-order chi connectivity index (χ1) is 9.70. The molecule has 2 N–H and O–H groups in total. The van der Waals surface area contributed by atoms with Gasteiger partial charge in [-0.25, -0.2) is 0 Å². The number of ether oxygens (including phenoxy) is 1. The molecular weight excluding hydrogens is 311 g/mol. The molecule has 1 amide bonds. The summed E-state index contributed by atoms with van der Waals surface area (Å²) in [7, 11) is 1.85. The molecule has 0 spiro atoms. The number of benzene rings is 1. The third-order valence-electron chi connectivity index (χ3n) is 3.44. The second-order valence-electron chi connectivity index (χ2n) is 5.02. The molecule has 0 heterocycles. The number of amides is 1. The van der Waals surface area contributed by atoms with Crippen LogP contribution in [0.15, 0.2) is 18.2 Å². The van der Waals surface area contributed by atoms with E-state index in [2.05, 4.69) is 10.6 Å². The van der Waals surface area contributed by atoms with Crippen LogP contribution in [0.25, 0.3) is 0 Å². The molecule has 1 fully saturated rings. The predicted octanol–water partition coefficient (Wildman–Crippen LogP) is 3.03. The minimum absolute atomic E-state index is 0. The Hall–Kier alpha value is -0.970. The average molecular weight is 333 g/mol. The molecule has 1 aliphatic rings. The molecule has 2 rings (SSSR count). The molecule has 0 atom stereocenters. The molecule has 0 bridgehead atoms. The lowest BCUT2D eigenvalue weighted by Crippen LogP contribution is -2.31. The number of nitrogens with one attached hydrogen (secondary N) is 2. The fourth-order valence-corrected chi connectivity index (χ4v) is 2.54. The van der Waals surface area contributed by atoms with Gasteiger partial charge >= 0.3 is 0 Å². The number of hydrogen-bond donors (Lipinski definition) is 2. The zero-order valence-corrected chi connectivity index (χ0v) is 13.7. The average Bonchev–Trinajstić information content (AvgIpc) is 2.94. The first kappa shape index (κ1) is 18.1. The lowest BCUT2D eigenvalue weighted by atomic mass is 10.1. The van der Waals surface area contributed by atoms with Crippen LogP contribution in [0.5, 0.6) is 5.75 Å². The number of hydrogen-bond acceptors (Lipinski definition) is 3. The Morgan fingerprint density at radius 2 is 2.05 bits per heavy atom. The second kappa shape index (κ2) is 9.13. The van der Waals surface area contributed by atoms with Crippen molar-refractivity contribution in [2.75, 3.05) is 20.1 Å². The van der Waals surface area contributed by atoms with Crippen LogP contribution in [0.4, 0.5) is 0 Å². The molecule has 1 saturated carbocycles. The lowest BCUT2D eigenvalue weighted by molar-refractivity contribution is 0.0947. The second-order valence-corrected chi connectivity index (χ2v) is 5.46. The van der Waals surface area contributed by atoms with Crippen molar-refractivity contribution < 1.29 is 9.53 Å². The molecule has 21 heavy (non-hydrogen) atoms. The van der Waals surface area contributed by atoms with E-state index in [0.717, 1.165) is 19.4 Å². The van der Waals surface area contributed by atoms with E-state index in [0.29, 0.717) is 22.9 Å². The van der Waals surface area contributed by atoms with Gasteiger partial charge < -0.3 is 15.4 Å². The van der Waals surface area contributed by atoms with E-state index < -0.39 is 0 Å². The minimum Gasteiger partial charge on any atom is -0.490 e. The summed E-state index contributed by atoms with van der Waals surface area (Å²) in [6, 6.07) is 5.21. The molecule has 1 aromatic carbocycles. The highest BCUT2D eigenvalue weighted by Crippen LogP contribution is 2.28. The van der Waals surface area contributed by atoms with Crippen molar-refractivity contribution in [3.05, 3.63) is 28.8 Å². The Morgan fingerprint density at radius 1 is 1.33 bits per heavy atom. The van der Waals surface area contributed by atoms with Crippen LogP contribution >= 0.6 is 24.0 Å². The molecule has 0 unspecified atom stereocenters. The summed E-state index contributed by atoms with van der Waals surface area (Å²) >= 11 is 5.99. The van der Waals surface area contributed by atoms with E-state index in [9.17, 15) is 4.79 Å². The Morgan fingerprint density at radius 3 is 2.71 bits per heavy atom. The standard InChI is InChI=1S/C15H21ClN2O2.ClH/c1-17-8-9-18-15(19)13-10-11(16)6-7-14(13)20-12-4-2-3-5-12;/h6-7,10,12,17H,2-5,8-9H2,1H3,(H,18,19);1H. The van der Waals surface area contributed by atoms with Crippen molar-refractivity contribution in [2.45, 2.75) is 31.8 Å². The van der Waals surface area contributed by atoms with E-state index in [1.54, 1.807) is 18.2 Å². The zero-order chi connectivity index (χ0) is 14.4. The third kappa shape index (κ3) is 5.38. The van der Waals surface area contributed by atoms with Crippen molar-refractivity contribution in [3.63, 3.8) is 0 Å². The van der Waals surface area contributed by atoms with Gasteiger partial charge in [-0.2, -0.15) is 0 Å². The van der Waals surface area contributed by atoms with Gasteiger partial charge in [-0.05, 0) is 50.9 Å². The molecule has 0 saturated heterocycles. The molecule has 0 radical (unpaired) electrons. The van der Waals surface area contributed by atoms with Crippen LogP contribution < -0.4 is 15.4 Å². The van der Waals surface area contributed by atoms with Gasteiger partial charge in [-0.1, -0.05) is 11.6 Å². The van der Waals surface area contributed by atoms with E-state index in [1.807, 2.05) is 7.05 Å². The molecule has 1 aromatic rings. The maximum absolute atomic E-state index is 12.2. The van der Waals surface area contributed by atoms with Crippen molar-refractivity contribution in [3.8, 4) is 5.75 Å².